The maximum atomic E-state index is 13.0. The van der Waals surface area contributed by atoms with Gasteiger partial charge in [-0.25, -0.2) is 0 Å². The fourth-order valence-electron chi connectivity index (χ4n) is 3.21. The minimum atomic E-state index is -0.609. The lowest BCUT2D eigenvalue weighted by molar-refractivity contribution is -0.118. The van der Waals surface area contributed by atoms with Crippen LogP contribution in [-0.4, -0.2) is 29.1 Å². The molecule has 0 aliphatic heterocycles. The maximum absolute atomic E-state index is 13.0. The molecule has 3 aromatic carbocycles. The predicted molar refractivity (Wildman–Crippen MR) is 132 cm³/mol. The van der Waals surface area contributed by atoms with Gasteiger partial charge in [0.25, 0.3) is 5.91 Å². The quantitative estimate of drug-likeness (QED) is 0.335. The van der Waals surface area contributed by atoms with Crippen molar-refractivity contribution in [2.75, 3.05) is 17.7 Å². The Morgan fingerprint density at radius 3 is 2.18 bits per heavy atom. The summed E-state index contributed by atoms with van der Waals surface area (Å²) in [5.74, 6) is 0.154. The van der Waals surface area contributed by atoms with Crippen LogP contribution in [0.15, 0.2) is 84.9 Å². The van der Waals surface area contributed by atoms with Crippen LogP contribution in [0, 0.1) is 0 Å². The third-order valence-corrected chi connectivity index (χ3v) is 5.82. The molecule has 0 radical (unpaired) electrons. The first kappa shape index (κ1) is 23.1. The number of para-hydroxylation sites is 1. The number of carbonyl (C=O) groups excluding carboxylic acids is 2. The minimum absolute atomic E-state index is 0.195. The number of carbonyl (C=O) groups is 2. The molecule has 1 aromatic heterocycles. The number of nitrogens with one attached hydrogen (secondary N) is 3. The van der Waals surface area contributed by atoms with E-state index in [1.807, 2.05) is 60.7 Å². The Hall–Kier alpha value is -4.08. The summed E-state index contributed by atoms with van der Waals surface area (Å²) in [6.45, 7) is 0.273. The molecule has 2 amide bonds. The summed E-state index contributed by atoms with van der Waals surface area (Å²) >= 11 is 1.17. The second kappa shape index (κ2) is 11.2. The van der Waals surface area contributed by atoms with Crippen molar-refractivity contribution >= 4 is 34.5 Å². The van der Waals surface area contributed by atoms with E-state index >= 15 is 0 Å². The Balaban J connectivity index is 1.41. The van der Waals surface area contributed by atoms with Gasteiger partial charge in [0.2, 0.25) is 10.9 Å². The van der Waals surface area contributed by atoms with Crippen LogP contribution in [0.5, 0.6) is 5.75 Å². The van der Waals surface area contributed by atoms with Gasteiger partial charge in [-0.3, -0.25) is 14.9 Å². The number of anilines is 2. The van der Waals surface area contributed by atoms with Crippen molar-refractivity contribution in [2.24, 2.45) is 0 Å². The van der Waals surface area contributed by atoms with E-state index in [2.05, 4.69) is 26.1 Å². The second-order valence-corrected chi connectivity index (χ2v) is 8.33. The highest BCUT2D eigenvalue weighted by Gasteiger charge is 2.21. The summed E-state index contributed by atoms with van der Waals surface area (Å²) in [6, 6.07) is 25.1. The lowest BCUT2D eigenvalue weighted by Crippen LogP contribution is -2.32. The number of rotatable bonds is 9. The molecule has 1 unspecified atom stereocenters. The number of nitrogens with zero attached hydrogens (tertiary/aromatic N) is 2. The summed E-state index contributed by atoms with van der Waals surface area (Å²) in [5, 5.41) is 17.9. The normalized spacial score (nSPS) is 11.4. The van der Waals surface area contributed by atoms with Crippen LogP contribution in [0.4, 0.5) is 11.4 Å². The molecule has 4 rings (SSSR count). The van der Waals surface area contributed by atoms with Gasteiger partial charge in [-0.1, -0.05) is 59.9 Å². The molecule has 1 atom stereocenters. The van der Waals surface area contributed by atoms with Crippen molar-refractivity contribution in [2.45, 2.75) is 12.6 Å². The number of methoxy groups -OCH3 is 1. The summed E-state index contributed by atoms with van der Waals surface area (Å²) in [6.07, 6.45) is 0. The molecule has 1 heterocycles. The van der Waals surface area contributed by atoms with Crippen LogP contribution < -0.4 is 20.7 Å². The Morgan fingerprint density at radius 2 is 1.50 bits per heavy atom. The van der Waals surface area contributed by atoms with Crippen LogP contribution in [0.2, 0.25) is 0 Å². The largest absolute Gasteiger partial charge is 0.497 e. The Kier molecular flexibility index (Phi) is 7.59. The molecule has 172 valence electrons. The Labute approximate surface area is 201 Å². The van der Waals surface area contributed by atoms with Crippen molar-refractivity contribution in [3.05, 3.63) is 101 Å². The van der Waals surface area contributed by atoms with Crippen molar-refractivity contribution in [3.8, 4) is 5.75 Å². The average Bonchev–Trinajstić information content (AvgIpc) is 3.35. The second-order valence-electron chi connectivity index (χ2n) is 7.26. The van der Waals surface area contributed by atoms with E-state index in [1.54, 1.807) is 31.4 Å². The van der Waals surface area contributed by atoms with E-state index in [4.69, 9.17) is 4.74 Å². The molecule has 0 fully saturated rings. The first-order chi connectivity index (χ1) is 16.6. The Morgan fingerprint density at radius 1 is 0.853 bits per heavy atom. The van der Waals surface area contributed by atoms with Crippen LogP contribution in [-0.2, 0) is 11.3 Å². The fourth-order valence-corrected chi connectivity index (χ4v) is 3.89. The number of amides is 2. The van der Waals surface area contributed by atoms with E-state index in [0.29, 0.717) is 22.1 Å². The predicted octanol–water partition coefficient (Wildman–Crippen LogP) is 4.27. The number of hydrogen-bond donors (Lipinski definition) is 3. The smallest absolute Gasteiger partial charge is 0.286 e. The molecule has 4 aromatic rings. The average molecular weight is 474 g/mol. The molecular weight excluding hydrogens is 450 g/mol. The number of aromatic nitrogens is 2. The molecule has 3 N–H and O–H groups in total. The standard InChI is InChI=1S/C25H23N5O3S/c1-33-20-14-12-19(13-15-20)28-24(32)25-30-29-21(34-25)16-26-22(17-8-4-2-5-9-17)23(31)27-18-10-6-3-7-11-18/h2-15,22,26H,16H2,1H3,(H,27,31)(H,28,32). The third-order valence-electron chi connectivity index (χ3n) is 4.90. The highest BCUT2D eigenvalue weighted by atomic mass is 32.1. The van der Waals surface area contributed by atoms with Gasteiger partial charge < -0.3 is 15.4 Å². The van der Waals surface area contributed by atoms with Crippen molar-refractivity contribution in [3.63, 3.8) is 0 Å². The van der Waals surface area contributed by atoms with Crippen molar-refractivity contribution in [1.82, 2.24) is 15.5 Å². The number of ether oxygens (including phenoxy) is 1. The van der Waals surface area contributed by atoms with Crippen LogP contribution >= 0.6 is 11.3 Å². The first-order valence-corrected chi connectivity index (χ1v) is 11.4. The van der Waals surface area contributed by atoms with Crippen LogP contribution in [0.1, 0.15) is 26.4 Å². The lowest BCUT2D eigenvalue weighted by Gasteiger charge is -2.18. The van der Waals surface area contributed by atoms with E-state index in [0.717, 1.165) is 5.56 Å². The lowest BCUT2D eigenvalue weighted by atomic mass is 10.1. The van der Waals surface area contributed by atoms with Gasteiger partial charge >= 0.3 is 0 Å². The third kappa shape index (κ3) is 6.03. The maximum Gasteiger partial charge on any atom is 0.286 e. The molecule has 8 nitrogen and oxygen atoms in total. The zero-order valence-corrected chi connectivity index (χ0v) is 19.2. The number of hydrogen-bond acceptors (Lipinski definition) is 7. The topological polar surface area (TPSA) is 105 Å². The minimum Gasteiger partial charge on any atom is -0.497 e. The van der Waals surface area contributed by atoms with Gasteiger partial charge in [-0.05, 0) is 42.0 Å². The van der Waals surface area contributed by atoms with E-state index < -0.39 is 6.04 Å². The summed E-state index contributed by atoms with van der Waals surface area (Å²) < 4.78 is 5.12. The van der Waals surface area contributed by atoms with E-state index in [1.165, 1.54) is 11.3 Å². The molecule has 0 aliphatic rings. The molecule has 0 bridgehead atoms. The zero-order chi connectivity index (χ0) is 23.8. The SMILES string of the molecule is COc1ccc(NC(=O)c2nnc(CNC(C(=O)Nc3ccccc3)c3ccccc3)s2)cc1. The summed E-state index contributed by atoms with van der Waals surface area (Å²) in [5.41, 5.74) is 2.16. The van der Waals surface area contributed by atoms with Gasteiger partial charge in [-0.2, -0.15) is 0 Å². The number of benzene rings is 3. The van der Waals surface area contributed by atoms with Gasteiger partial charge in [0.15, 0.2) is 0 Å². The highest BCUT2D eigenvalue weighted by Crippen LogP contribution is 2.20. The summed E-state index contributed by atoms with van der Waals surface area (Å²) in [4.78, 5) is 25.6. The van der Waals surface area contributed by atoms with E-state index in [9.17, 15) is 9.59 Å². The van der Waals surface area contributed by atoms with Crippen LogP contribution in [0.3, 0.4) is 0 Å². The first-order valence-electron chi connectivity index (χ1n) is 10.5. The molecule has 34 heavy (non-hydrogen) atoms. The molecular formula is C25H23N5O3S. The monoisotopic (exact) mass is 473 g/mol. The molecule has 0 saturated heterocycles. The molecule has 0 spiro atoms. The van der Waals surface area contributed by atoms with E-state index in [-0.39, 0.29) is 23.4 Å². The molecule has 0 saturated carbocycles. The highest BCUT2D eigenvalue weighted by molar-refractivity contribution is 7.13. The van der Waals surface area contributed by atoms with Gasteiger partial charge in [0.05, 0.1) is 13.7 Å². The van der Waals surface area contributed by atoms with Crippen LogP contribution in [0.25, 0.3) is 0 Å². The molecule has 9 heteroatoms. The fraction of sp³-hybridized carbons (Fsp3) is 0.120. The van der Waals surface area contributed by atoms with Crippen molar-refractivity contribution in [1.29, 1.82) is 0 Å². The van der Waals surface area contributed by atoms with Crippen molar-refractivity contribution < 1.29 is 14.3 Å². The van der Waals surface area contributed by atoms with Gasteiger partial charge in [0, 0.05) is 11.4 Å². The Bertz CT molecular complexity index is 1230. The van der Waals surface area contributed by atoms with Gasteiger partial charge in [-0.15, -0.1) is 10.2 Å². The summed E-state index contributed by atoms with van der Waals surface area (Å²) in [7, 11) is 1.58. The molecule has 0 aliphatic carbocycles. The van der Waals surface area contributed by atoms with Gasteiger partial charge in [0.1, 0.15) is 16.8 Å². The zero-order valence-electron chi connectivity index (χ0n) is 18.4.